The van der Waals surface area contributed by atoms with Crippen LogP contribution < -0.4 is 5.73 Å². The van der Waals surface area contributed by atoms with Crippen molar-refractivity contribution < 1.29 is 9.59 Å². The number of amides is 2. The van der Waals surface area contributed by atoms with Crippen LogP contribution in [0.25, 0.3) is 0 Å². The van der Waals surface area contributed by atoms with Crippen molar-refractivity contribution in [1.82, 2.24) is 14.9 Å². The topological polar surface area (TPSA) is 89.2 Å². The van der Waals surface area contributed by atoms with Gasteiger partial charge in [-0.1, -0.05) is 20.8 Å². The molecule has 6 nitrogen and oxygen atoms in total. The Hall–Kier alpha value is -1.98. The molecule has 19 heavy (non-hydrogen) atoms. The van der Waals surface area contributed by atoms with Crippen LogP contribution in [-0.2, 0) is 17.8 Å². The van der Waals surface area contributed by atoms with E-state index in [4.69, 9.17) is 5.73 Å². The van der Waals surface area contributed by atoms with E-state index < -0.39 is 11.3 Å². The van der Waals surface area contributed by atoms with Crippen molar-refractivity contribution in [2.24, 2.45) is 11.1 Å². The summed E-state index contributed by atoms with van der Waals surface area (Å²) in [5.74, 6) is -0.667. The van der Waals surface area contributed by atoms with Gasteiger partial charge in [-0.15, -0.1) is 0 Å². The highest BCUT2D eigenvalue weighted by Gasteiger charge is 2.30. The van der Waals surface area contributed by atoms with Crippen molar-refractivity contribution in [1.29, 1.82) is 0 Å². The van der Waals surface area contributed by atoms with Gasteiger partial charge < -0.3 is 10.6 Å². The van der Waals surface area contributed by atoms with Gasteiger partial charge >= 0.3 is 0 Å². The molecule has 0 saturated heterocycles. The number of rotatable bonds is 1. The van der Waals surface area contributed by atoms with Gasteiger partial charge in [0.2, 0.25) is 11.7 Å². The van der Waals surface area contributed by atoms with Crippen LogP contribution in [0, 0.1) is 11.6 Å². The van der Waals surface area contributed by atoms with Gasteiger partial charge in [-0.3, -0.25) is 9.59 Å². The number of primary amides is 1. The van der Waals surface area contributed by atoms with E-state index in [0.29, 0.717) is 25.2 Å². The summed E-state index contributed by atoms with van der Waals surface area (Å²) in [6.45, 7) is 6.65. The molecule has 0 saturated carbocycles. The Morgan fingerprint density at radius 1 is 1.37 bits per heavy atom. The number of carbonyl (C=O) groups excluding carboxylic acids is 2. The number of fused-ring (bicyclic) bond motifs is 1. The normalized spacial score (nSPS) is 15.0. The van der Waals surface area contributed by atoms with Crippen molar-refractivity contribution in [3.8, 4) is 0 Å². The summed E-state index contributed by atoms with van der Waals surface area (Å²) in [7, 11) is 0. The van der Waals surface area contributed by atoms with Crippen LogP contribution in [-0.4, -0.2) is 33.2 Å². The van der Waals surface area contributed by atoms with E-state index in [1.165, 1.54) is 0 Å². The van der Waals surface area contributed by atoms with Crippen LogP contribution in [0.3, 0.4) is 0 Å². The fourth-order valence-electron chi connectivity index (χ4n) is 2.00. The molecule has 0 fully saturated rings. The first kappa shape index (κ1) is 13.5. The minimum absolute atomic E-state index is 0.0520. The van der Waals surface area contributed by atoms with Crippen molar-refractivity contribution >= 4 is 11.8 Å². The predicted octanol–water partition coefficient (Wildman–Crippen LogP) is 0.306. The Kier molecular flexibility index (Phi) is 3.26. The lowest BCUT2D eigenvalue weighted by atomic mass is 9.93. The molecule has 2 heterocycles. The molecule has 1 aliphatic rings. The third-order valence-electron chi connectivity index (χ3n) is 3.01. The molecular formula is C13H17N4O2. The summed E-state index contributed by atoms with van der Waals surface area (Å²) in [6, 6.07) is 0. The minimum Gasteiger partial charge on any atom is -0.363 e. The fraction of sp³-hybridized carbons (Fsp3) is 0.538. The van der Waals surface area contributed by atoms with Gasteiger partial charge in [0.15, 0.2) is 0 Å². The molecule has 0 spiro atoms. The first-order valence-corrected chi connectivity index (χ1v) is 6.15. The molecule has 2 N–H and O–H groups in total. The standard InChI is InChI=1S/C13H17N4O2/c1-13(2,3)12(19)17-5-4-8-6-15-11(10(14)18)16-9(8)7-17/h4-5,7H2,1-3H3,(H2,14,18). The quantitative estimate of drug-likeness (QED) is 0.787. The molecule has 6 heteroatoms. The largest absolute Gasteiger partial charge is 0.363 e. The van der Waals surface area contributed by atoms with Crippen molar-refractivity contribution in [2.45, 2.75) is 33.7 Å². The molecule has 101 valence electrons. The van der Waals surface area contributed by atoms with E-state index in [2.05, 4.69) is 16.2 Å². The summed E-state index contributed by atoms with van der Waals surface area (Å²) < 4.78 is 0. The molecule has 2 rings (SSSR count). The molecule has 0 atom stereocenters. The van der Waals surface area contributed by atoms with Crippen LogP contribution in [0.5, 0.6) is 0 Å². The summed E-state index contributed by atoms with van der Waals surface area (Å²) in [6.07, 6.45) is 3.43. The van der Waals surface area contributed by atoms with Gasteiger partial charge in [0.05, 0.1) is 18.4 Å². The van der Waals surface area contributed by atoms with Crippen molar-refractivity contribution in [3.63, 3.8) is 0 Å². The second kappa shape index (κ2) is 4.60. The lowest BCUT2D eigenvalue weighted by Crippen LogP contribution is -2.43. The molecule has 0 bridgehead atoms. The molecule has 1 aromatic heterocycles. The van der Waals surface area contributed by atoms with Gasteiger partial charge in [0.25, 0.3) is 5.91 Å². The monoisotopic (exact) mass is 261 g/mol. The van der Waals surface area contributed by atoms with Gasteiger partial charge in [-0.25, -0.2) is 9.97 Å². The molecule has 0 unspecified atom stereocenters. The number of hydrogen-bond acceptors (Lipinski definition) is 4. The first-order chi connectivity index (χ1) is 8.79. The Labute approximate surface area is 112 Å². The fourth-order valence-corrected chi connectivity index (χ4v) is 2.00. The Morgan fingerprint density at radius 3 is 2.63 bits per heavy atom. The highest BCUT2D eigenvalue weighted by molar-refractivity contribution is 5.88. The molecular weight excluding hydrogens is 244 g/mol. The molecule has 1 aliphatic heterocycles. The summed E-state index contributed by atoms with van der Waals surface area (Å²) in [4.78, 5) is 32.9. The van der Waals surface area contributed by atoms with E-state index in [-0.39, 0.29) is 11.7 Å². The van der Waals surface area contributed by atoms with Gasteiger partial charge in [0.1, 0.15) is 0 Å². The molecule has 0 aliphatic carbocycles. The predicted molar refractivity (Wildman–Crippen MR) is 68.0 cm³/mol. The molecule has 1 aromatic rings. The van der Waals surface area contributed by atoms with Gasteiger partial charge in [0, 0.05) is 17.5 Å². The van der Waals surface area contributed by atoms with Crippen LogP contribution in [0.15, 0.2) is 0 Å². The Balaban J connectivity index is 2.25. The zero-order valence-corrected chi connectivity index (χ0v) is 11.4. The number of hydrogen-bond donors (Lipinski definition) is 1. The Morgan fingerprint density at radius 2 is 2.05 bits per heavy atom. The minimum atomic E-state index is -0.682. The van der Waals surface area contributed by atoms with Crippen molar-refractivity contribution in [2.75, 3.05) is 6.54 Å². The average Bonchev–Trinajstić information content (AvgIpc) is 2.35. The first-order valence-electron chi connectivity index (χ1n) is 6.15. The number of aromatic nitrogens is 2. The lowest BCUT2D eigenvalue weighted by Gasteiger charge is -2.32. The van der Waals surface area contributed by atoms with E-state index in [9.17, 15) is 9.59 Å². The van der Waals surface area contributed by atoms with Crippen LogP contribution in [0.4, 0.5) is 0 Å². The molecule has 0 aromatic carbocycles. The van der Waals surface area contributed by atoms with E-state index in [1.54, 1.807) is 4.90 Å². The second-order valence-corrected chi connectivity index (χ2v) is 5.68. The van der Waals surface area contributed by atoms with E-state index >= 15 is 0 Å². The summed E-state index contributed by atoms with van der Waals surface area (Å²) in [5, 5.41) is 0. The van der Waals surface area contributed by atoms with E-state index in [1.807, 2.05) is 20.8 Å². The Bertz CT molecular complexity index is 534. The van der Waals surface area contributed by atoms with Crippen LogP contribution in [0.1, 0.15) is 42.6 Å². The third-order valence-corrected chi connectivity index (χ3v) is 3.01. The maximum absolute atomic E-state index is 12.2. The summed E-state index contributed by atoms with van der Waals surface area (Å²) in [5.41, 5.74) is 6.23. The molecule has 2 amide bonds. The number of carbonyl (C=O) groups is 2. The zero-order valence-electron chi connectivity index (χ0n) is 11.4. The maximum atomic E-state index is 12.2. The van der Waals surface area contributed by atoms with Gasteiger partial charge in [-0.05, 0) is 6.42 Å². The van der Waals surface area contributed by atoms with E-state index in [0.717, 1.165) is 5.56 Å². The highest BCUT2D eigenvalue weighted by Crippen LogP contribution is 2.23. The summed E-state index contributed by atoms with van der Waals surface area (Å²) >= 11 is 0. The van der Waals surface area contributed by atoms with Gasteiger partial charge in [-0.2, -0.15) is 0 Å². The SMILES string of the molecule is CC(C)(C)C(=O)N1CCc2[c]nc(C(N)=O)nc2C1. The smallest absolute Gasteiger partial charge is 0.286 e. The zero-order chi connectivity index (χ0) is 14.2. The number of nitrogens with zero attached hydrogens (tertiary/aromatic N) is 3. The third kappa shape index (κ3) is 2.72. The maximum Gasteiger partial charge on any atom is 0.286 e. The molecule has 1 radical (unpaired) electrons. The number of nitrogens with two attached hydrogens (primary N) is 1. The lowest BCUT2D eigenvalue weighted by molar-refractivity contribution is -0.140. The highest BCUT2D eigenvalue weighted by atomic mass is 16.2. The second-order valence-electron chi connectivity index (χ2n) is 5.68. The van der Waals surface area contributed by atoms with Crippen molar-refractivity contribution in [3.05, 3.63) is 23.3 Å². The van der Waals surface area contributed by atoms with Crippen LogP contribution in [0.2, 0.25) is 0 Å². The average molecular weight is 261 g/mol. The van der Waals surface area contributed by atoms with Crippen LogP contribution >= 0.6 is 0 Å².